The summed E-state index contributed by atoms with van der Waals surface area (Å²) in [6.07, 6.45) is 3.64. The highest BCUT2D eigenvalue weighted by Crippen LogP contribution is 2.55. The van der Waals surface area contributed by atoms with Gasteiger partial charge in [-0.3, -0.25) is 9.52 Å². The van der Waals surface area contributed by atoms with Crippen molar-refractivity contribution in [1.82, 2.24) is 4.90 Å². The number of benzene rings is 2. The van der Waals surface area contributed by atoms with Crippen LogP contribution in [-0.2, 0) is 31.4 Å². The highest BCUT2D eigenvalue weighted by molar-refractivity contribution is 7.92. The second-order valence-electron chi connectivity index (χ2n) is 10.3. The number of anilines is 2. The Balaban J connectivity index is 1.41. The van der Waals surface area contributed by atoms with Crippen LogP contribution in [0.5, 0.6) is 0 Å². The average molecular weight is 561 g/mol. The lowest BCUT2D eigenvalue weighted by molar-refractivity contribution is -0.134. The van der Waals surface area contributed by atoms with Gasteiger partial charge in [-0.05, 0) is 67.0 Å². The van der Waals surface area contributed by atoms with E-state index in [0.717, 1.165) is 31.6 Å². The molecule has 0 spiro atoms. The van der Waals surface area contributed by atoms with Crippen molar-refractivity contribution >= 4 is 43.2 Å². The summed E-state index contributed by atoms with van der Waals surface area (Å²) in [7, 11) is -7.99. The smallest absolute Gasteiger partial charge is 0.286 e. The Kier molecular flexibility index (Phi) is 5.58. The third-order valence-corrected chi connectivity index (χ3v) is 9.73. The summed E-state index contributed by atoms with van der Waals surface area (Å²) in [5.74, 6) is -1.38. The molecule has 2 aliphatic carbocycles. The van der Waals surface area contributed by atoms with E-state index in [1.165, 1.54) is 24.3 Å². The molecule has 0 unspecified atom stereocenters. The minimum atomic E-state index is -4.35. The molecular weight excluding hydrogens is 535 g/mol. The maximum absolute atomic E-state index is 13.9. The minimum absolute atomic E-state index is 0.0429. The SMILES string of the molecule is CS(=O)(=O)Nc1ccc2c(c1)S(=O)(=O)N=C(C1=C(O)[C@H]3[C@@H]4CC[C@@H](C4)[C@H]3N(Cc3ccc(F)cc3)C1=O)N2. The molecule has 3 N–H and O–H groups in total. The molecule has 2 bridgehead atoms. The maximum Gasteiger partial charge on any atom is 0.286 e. The summed E-state index contributed by atoms with van der Waals surface area (Å²) < 4.78 is 69.0. The van der Waals surface area contributed by atoms with Crippen molar-refractivity contribution in [3.63, 3.8) is 0 Å². The van der Waals surface area contributed by atoms with E-state index in [9.17, 15) is 31.1 Å². The molecule has 0 radical (unpaired) electrons. The van der Waals surface area contributed by atoms with Gasteiger partial charge in [-0.15, -0.1) is 4.40 Å². The van der Waals surface area contributed by atoms with Gasteiger partial charge < -0.3 is 15.3 Å². The lowest BCUT2D eigenvalue weighted by Gasteiger charge is -2.44. The number of sulfonamides is 2. The molecule has 2 heterocycles. The van der Waals surface area contributed by atoms with Crippen LogP contribution < -0.4 is 10.0 Å². The number of hydrogen-bond acceptors (Lipinski definition) is 7. The van der Waals surface area contributed by atoms with Gasteiger partial charge in [-0.25, -0.2) is 12.8 Å². The van der Waals surface area contributed by atoms with Crippen LogP contribution in [0.2, 0.25) is 0 Å². The van der Waals surface area contributed by atoms with E-state index in [-0.39, 0.29) is 63.8 Å². The Hall–Kier alpha value is -3.45. The summed E-state index contributed by atoms with van der Waals surface area (Å²) in [4.78, 5) is 15.3. The van der Waals surface area contributed by atoms with Crippen molar-refractivity contribution < 1.29 is 31.1 Å². The zero-order valence-electron chi connectivity index (χ0n) is 20.3. The fraction of sp³-hybridized carbons (Fsp3) is 0.360. The van der Waals surface area contributed by atoms with Gasteiger partial charge in [-0.2, -0.15) is 8.42 Å². The molecule has 2 aromatic carbocycles. The standard InChI is InChI=1S/C25H25FN4O6S2/c1-37(33,34)28-17-8-9-18-19(11-17)38(35,36)29-24(27-18)21-23(31)20-14-4-5-15(10-14)22(20)30(25(21)32)12-13-2-6-16(26)7-3-13/h2-3,6-9,11,14-15,20,22,28,31H,4-5,10,12H2,1H3,(H,27,29)/t14-,15+,20+,22-/m1/s1. The molecule has 2 saturated carbocycles. The summed E-state index contributed by atoms with van der Waals surface area (Å²) >= 11 is 0. The molecule has 6 rings (SSSR count). The highest BCUT2D eigenvalue weighted by atomic mass is 32.2. The number of amides is 1. The van der Waals surface area contributed by atoms with Gasteiger partial charge >= 0.3 is 0 Å². The lowest BCUT2D eigenvalue weighted by atomic mass is 9.77. The number of hydrogen-bond donors (Lipinski definition) is 3. The number of aliphatic hydroxyl groups excluding tert-OH is 1. The third kappa shape index (κ3) is 4.13. The molecule has 38 heavy (non-hydrogen) atoms. The van der Waals surface area contributed by atoms with Gasteiger partial charge in [-0.1, -0.05) is 12.1 Å². The number of halogens is 1. The third-order valence-electron chi connectivity index (χ3n) is 7.81. The summed E-state index contributed by atoms with van der Waals surface area (Å²) in [6, 6.07) is 9.49. The summed E-state index contributed by atoms with van der Waals surface area (Å²) in [6.45, 7) is 0.178. The topological polar surface area (TPSA) is 145 Å². The van der Waals surface area contributed by atoms with Gasteiger partial charge in [0.15, 0.2) is 5.84 Å². The molecule has 10 nitrogen and oxygen atoms in total. The van der Waals surface area contributed by atoms with Crippen LogP contribution in [0.1, 0.15) is 24.8 Å². The van der Waals surface area contributed by atoms with Crippen LogP contribution in [0, 0.1) is 23.6 Å². The normalized spacial score (nSPS) is 27.5. The second kappa shape index (κ2) is 8.53. The predicted octanol–water partition coefficient (Wildman–Crippen LogP) is 2.98. The summed E-state index contributed by atoms with van der Waals surface area (Å²) in [5, 5.41) is 14.3. The molecule has 1 amide bonds. The quantitative estimate of drug-likeness (QED) is 0.510. The van der Waals surface area contributed by atoms with Crippen LogP contribution in [-0.4, -0.2) is 50.9 Å². The molecule has 2 fully saturated rings. The van der Waals surface area contributed by atoms with Crippen LogP contribution in [0.3, 0.4) is 0 Å². The van der Waals surface area contributed by atoms with Crippen molar-refractivity contribution in [3.05, 3.63) is 65.2 Å². The van der Waals surface area contributed by atoms with Crippen molar-refractivity contribution in [3.8, 4) is 0 Å². The minimum Gasteiger partial charge on any atom is -0.511 e. The number of aliphatic hydroxyl groups is 1. The van der Waals surface area contributed by atoms with E-state index < -0.39 is 31.8 Å². The average Bonchev–Trinajstić information content (AvgIpc) is 3.45. The van der Waals surface area contributed by atoms with Crippen molar-refractivity contribution in [2.75, 3.05) is 16.3 Å². The fourth-order valence-electron chi connectivity index (χ4n) is 6.38. The van der Waals surface area contributed by atoms with Crippen LogP contribution in [0.4, 0.5) is 15.8 Å². The zero-order chi connectivity index (χ0) is 27.0. The molecule has 2 aromatic rings. The summed E-state index contributed by atoms with van der Waals surface area (Å²) in [5.41, 5.74) is 0.654. The van der Waals surface area contributed by atoms with E-state index >= 15 is 0 Å². The number of carbonyl (C=O) groups excluding carboxylic acids is 1. The van der Waals surface area contributed by atoms with E-state index in [2.05, 4.69) is 14.4 Å². The van der Waals surface area contributed by atoms with Crippen molar-refractivity contribution in [2.24, 2.45) is 22.2 Å². The van der Waals surface area contributed by atoms with Gasteiger partial charge in [0.2, 0.25) is 10.0 Å². The zero-order valence-corrected chi connectivity index (χ0v) is 21.9. The fourth-order valence-corrected chi connectivity index (χ4v) is 8.08. The molecule has 13 heteroatoms. The predicted molar refractivity (Wildman–Crippen MR) is 138 cm³/mol. The van der Waals surface area contributed by atoms with Crippen molar-refractivity contribution in [1.29, 1.82) is 0 Å². The first kappa shape index (κ1) is 24.9. The molecule has 4 atom stereocenters. The molecule has 0 aromatic heterocycles. The van der Waals surface area contributed by atoms with Crippen molar-refractivity contribution in [2.45, 2.75) is 36.7 Å². The van der Waals surface area contributed by atoms with E-state index in [1.54, 1.807) is 17.0 Å². The maximum atomic E-state index is 13.9. The number of nitrogens with one attached hydrogen (secondary N) is 2. The molecule has 0 saturated heterocycles. The Morgan fingerprint density at radius 3 is 2.58 bits per heavy atom. The Bertz CT molecular complexity index is 1640. The molecule has 4 aliphatic rings. The van der Waals surface area contributed by atoms with Gasteiger partial charge in [0.1, 0.15) is 22.0 Å². The molecular formula is C25H25FN4O6S2. The first-order chi connectivity index (χ1) is 17.9. The lowest BCUT2D eigenvalue weighted by Crippen LogP contribution is -2.53. The van der Waals surface area contributed by atoms with Crippen LogP contribution in [0.15, 0.2) is 63.1 Å². The Morgan fingerprint density at radius 1 is 1.16 bits per heavy atom. The Labute approximate surface area is 219 Å². The van der Waals surface area contributed by atoms with E-state index in [1.807, 2.05) is 0 Å². The largest absolute Gasteiger partial charge is 0.511 e. The van der Waals surface area contributed by atoms with E-state index in [0.29, 0.717) is 5.56 Å². The first-order valence-electron chi connectivity index (χ1n) is 12.1. The molecule has 2 aliphatic heterocycles. The number of carbonyl (C=O) groups is 1. The number of amidine groups is 1. The highest BCUT2D eigenvalue weighted by Gasteiger charge is 2.57. The van der Waals surface area contributed by atoms with Crippen LogP contribution in [0.25, 0.3) is 0 Å². The number of fused-ring (bicyclic) bond motifs is 6. The monoisotopic (exact) mass is 560 g/mol. The first-order valence-corrected chi connectivity index (χ1v) is 15.5. The van der Waals surface area contributed by atoms with Gasteiger partial charge in [0, 0.05) is 24.2 Å². The van der Waals surface area contributed by atoms with E-state index in [4.69, 9.17) is 0 Å². The second-order valence-corrected chi connectivity index (χ2v) is 13.6. The van der Waals surface area contributed by atoms with Crippen LogP contribution >= 0.6 is 0 Å². The number of rotatable bonds is 5. The van der Waals surface area contributed by atoms with Gasteiger partial charge in [0.25, 0.3) is 15.9 Å². The Morgan fingerprint density at radius 2 is 1.87 bits per heavy atom. The number of nitrogens with zero attached hydrogens (tertiary/aromatic N) is 2. The molecule has 200 valence electrons. The van der Waals surface area contributed by atoms with Gasteiger partial charge in [0.05, 0.1) is 11.9 Å².